The van der Waals surface area contributed by atoms with Gasteiger partial charge in [-0.15, -0.1) is 0 Å². The molecule has 0 radical (unpaired) electrons. The van der Waals surface area contributed by atoms with Gasteiger partial charge in [-0.05, 0) is 29.6 Å². The molecule has 1 heterocycles. The normalized spacial score (nSPS) is 34.7. The zero-order chi connectivity index (χ0) is 14.6. The van der Waals surface area contributed by atoms with E-state index in [1.807, 2.05) is 0 Å². The average molecular weight is 266 g/mol. The van der Waals surface area contributed by atoms with E-state index < -0.39 is 0 Å². The number of nitrogens with one attached hydrogen (secondary N) is 1. The van der Waals surface area contributed by atoms with Crippen molar-refractivity contribution in [3.05, 3.63) is 0 Å². The van der Waals surface area contributed by atoms with Crippen LogP contribution >= 0.6 is 0 Å². The zero-order valence-corrected chi connectivity index (χ0v) is 13.6. The van der Waals surface area contributed by atoms with Crippen molar-refractivity contribution < 1.29 is 4.79 Å². The zero-order valence-electron chi connectivity index (χ0n) is 13.6. The molecule has 1 N–H and O–H groups in total. The third-order valence-electron chi connectivity index (χ3n) is 6.35. The van der Waals surface area contributed by atoms with Gasteiger partial charge in [0, 0.05) is 6.54 Å². The summed E-state index contributed by atoms with van der Waals surface area (Å²) in [6.07, 6.45) is 1.23. The van der Waals surface area contributed by atoms with Gasteiger partial charge in [0.25, 0.3) is 0 Å². The van der Waals surface area contributed by atoms with E-state index in [9.17, 15) is 4.79 Å². The highest BCUT2D eigenvalue weighted by Gasteiger charge is 2.65. The molecule has 110 valence electrons. The minimum atomic E-state index is 0.0185. The first kappa shape index (κ1) is 14.8. The number of amides is 1. The van der Waals surface area contributed by atoms with Crippen molar-refractivity contribution in [2.75, 3.05) is 6.54 Å². The molecule has 3 unspecified atom stereocenters. The Kier molecular flexibility index (Phi) is 3.49. The summed E-state index contributed by atoms with van der Waals surface area (Å²) in [6.45, 7) is 16.6. The number of hydrogen-bond acceptors (Lipinski definition) is 2. The van der Waals surface area contributed by atoms with E-state index in [1.54, 1.807) is 0 Å². The highest BCUT2D eigenvalue weighted by Crippen LogP contribution is 2.68. The predicted molar refractivity (Wildman–Crippen MR) is 78.6 cm³/mol. The maximum absolute atomic E-state index is 12.6. The number of carbonyl (C=O) groups excluding carboxylic acids is 1. The monoisotopic (exact) mass is 266 g/mol. The summed E-state index contributed by atoms with van der Waals surface area (Å²) < 4.78 is 0. The van der Waals surface area contributed by atoms with Gasteiger partial charge < -0.3 is 4.90 Å². The molecule has 2 aliphatic rings. The number of rotatable bonds is 4. The molecule has 19 heavy (non-hydrogen) atoms. The summed E-state index contributed by atoms with van der Waals surface area (Å²) in [6, 6.07) is 0.0185. The summed E-state index contributed by atoms with van der Waals surface area (Å²) >= 11 is 0. The van der Waals surface area contributed by atoms with Crippen LogP contribution in [-0.2, 0) is 4.79 Å². The fourth-order valence-corrected chi connectivity index (χ4v) is 3.67. The Morgan fingerprint density at radius 1 is 1.26 bits per heavy atom. The largest absolute Gasteiger partial charge is 0.326 e. The lowest BCUT2D eigenvalue weighted by atomic mass is 9.99. The standard InChI is InChI=1S/C16H30N2O/c1-8-10(2)13-14(19)18(11(3)17-13)9-12-15(4,5)16(12,6)7/h10-13,17H,8-9H2,1-7H3. The first-order valence-corrected chi connectivity index (χ1v) is 7.71. The van der Waals surface area contributed by atoms with E-state index in [1.165, 1.54) is 0 Å². The van der Waals surface area contributed by atoms with Crippen LogP contribution in [0.15, 0.2) is 0 Å². The molecule has 0 bridgehead atoms. The second-order valence-electron chi connectivity index (χ2n) is 7.69. The van der Waals surface area contributed by atoms with Crippen LogP contribution in [0.1, 0.15) is 54.9 Å². The SMILES string of the molecule is CCC(C)C1NC(C)N(CC2C(C)(C)C2(C)C)C1=O. The van der Waals surface area contributed by atoms with Crippen LogP contribution in [-0.4, -0.2) is 29.6 Å². The van der Waals surface area contributed by atoms with Crippen molar-refractivity contribution in [3.63, 3.8) is 0 Å². The highest BCUT2D eigenvalue weighted by atomic mass is 16.2. The molecule has 0 aromatic heterocycles. The van der Waals surface area contributed by atoms with Crippen LogP contribution in [0.4, 0.5) is 0 Å². The molecule has 0 spiro atoms. The van der Waals surface area contributed by atoms with Gasteiger partial charge in [-0.25, -0.2) is 0 Å². The summed E-state index contributed by atoms with van der Waals surface area (Å²) in [5, 5.41) is 3.47. The maximum Gasteiger partial charge on any atom is 0.241 e. The van der Waals surface area contributed by atoms with Gasteiger partial charge >= 0.3 is 0 Å². The van der Waals surface area contributed by atoms with E-state index in [0.29, 0.717) is 28.6 Å². The summed E-state index contributed by atoms with van der Waals surface area (Å²) in [4.78, 5) is 14.6. The molecule has 0 aromatic rings. The number of carbonyl (C=O) groups is 1. The van der Waals surface area contributed by atoms with Crippen LogP contribution < -0.4 is 5.32 Å². The fraction of sp³-hybridized carbons (Fsp3) is 0.938. The van der Waals surface area contributed by atoms with Crippen molar-refractivity contribution in [2.24, 2.45) is 22.7 Å². The molecule has 1 aliphatic carbocycles. The Bertz CT molecular complexity index is 361. The van der Waals surface area contributed by atoms with Gasteiger partial charge in [0.1, 0.15) is 0 Å². The fourth-order valence-electron chi connectivity index (χ4n) is 3.67. The Labute approximate surface area is 118 Å². The van der Waals surface area contributed by atoms with E-state index in [2.05, 4.69) is 58.7 Å². The predicted octanol–water partition coefficient (Wildman–Crippen LogP) is 2.86. The molecule has 2 fully saturated rings. The Morgan fingerprint density at radius 2 is 1.79 bits per heavy atom. The number of hydrogen-bond donors (Lipinski definition) is 1. The van der Waals surface area contributed by atoms with Gasteiger partial charge in [-0.2, -0.15) is 0 Å². The summed E-state index contributed by atoms with van der Waals surface area (Å²) in [5.74, 6) is 1.34. The molecule has 1 amide bonds. The second-order valence-corrected chi connectivity index (χ2v) is 7.69. The van der Waals surface area contributed by atoms with Crippen LogP contribution in [0, 0.1) is 22.7 Å². The van der Waals surface area contributed by atoms with E-state index in [4.69, 9.17) is 0 Å². The number of nitrogens with zero attached hydrogens (tertiary/aromatic N) is 1. The third kappa shape index (κ3) is 2.10. The Morgan fingerprint density at radius 3 is 2.21 bits per heavy atom. The van der Waals surface area contributed by atoms with Crippen molar-refractivity contribution in [2.45, 2.75) is 67.1 Å². The average Bonchev–Trinajstić information content (AvgIpc) is 2.57. The molecular weight excluding hydrogens is 236 g/mol. The molecule has 1 aliphatic heterocycles. The van der Waals surface area contributed by atoms with Gasteiger partial charge in [-0.3, -0.25) is 10.1 Å². The van der Waals surface area contributed by atoms with Gasteiger partial charge in [0.15, 0.2) is 0 Å². The Hall–Kier alpha value is -0.570. The van der Waals surface area contributed by atoms with Crippen molar-refractivity contribution in [1.82, 2.24) is 10.2 Å². The lowest BCUT2D eigenvalue weighted by Gasteiger charge is -2.22. The topological polar surface area (TPSA) is 32.3 Å². The Balaban J connectivity index is 2.05. The van der Waals surface area contributed by atoms with Gasteiger partial charge in [0.2, 0.25) is 5.91 Å². The van der Waals surface area contributed by atoms with E-state index in [-0.39, 0.29) is 12.2 Å². The molecule has 1 saturated carbocycles. The lowest BCUT2D eigenvalue weighted by Crippen LogP contribution is -2.37. The summed E-state index contributed by atoms with van der Waals surface area (Å²) in [7, 11) is 0. The lowest BCUT2D eigenvalue weighted by molar-refractivity contribution is -0.131. The molecule has 3 nitrogen and oxygen atoms in total. The summed E-state index contributed by atoms with van der Waals surface area (Å²) in [5.41, 5.74) is 0.697. The van der Waals surface area contributed by atoms with Crippen molar-refractivity contribution in [1.29, 1.82) is 0 Å². The van der Waals surface area contributed by atoms with E-state index >= 15 is 0 Å². The van der Waals surface area contributed by atoms with Gasteiger partial charge in [0.05, 0.1) is 12.2 Å². The third-order valence-corrected chi connectivity index (χ3v) is 6.35. The molecule has 1 saturated heterocycles. The maximum atomic E-state index is 12.6. The second kappa shape index (κ2) is 4.47. The smallest absolute Gasteiger partial charge is 0.241 e. The van der Waals surface area contributed by atoms with Crippen LogP contribution in [0.5, 0.6) is 0 Å². The van der Waals surface area contributed by atoms with Crippen LogP contribution in [0.2, 0.25) is 0 Å². The van der Waals surface area contributed by atoms with Gasteiger partial charge in [-0.1, -0.05) is 48.0 Å². The molecule has 3 atom stereocenters. The van der Waals surface area contributed by atoms with Crippen molar-refractivity contribution in [3.8, 4) is 0 Å². The first-order valence-electron chi connectivity index (χ1n) is 7.71. The highest BCUT2D eigenvalue weighted by molar-refractivity contribution is 5.84. The first-order chi connectivity index (χ1) is 8.64. The molecule has 0 aromatic carbocycles. The van der Waals surface area contributed by atoms with Crippen LogP contribution in [0.3, 0.4) is 0 Å². The molecule has 3 heteroatoms. The quantitative estimate of drug-likeness (QED) is 0.848. The van der Waals surface area contributed by atoms with Crippen molar-refractivity contribution >= 4 is 5.91 Å². The van der Waals surface area contributed by atoms with E-state index in [0.717, 1.165) is 13.0 Å². The molecular formula is C16H30N2O. The molecule has 2 rings (SSSR count). The minimum Gasteiger partial charge on any atom is -0.326 e. The minimum absolute atomic E-state index is 0.0185. The van der Waals surface area contributed by atoms with Crippen LogP contribution in [0.25, 0.3) is 0 Å².